The van der Waals surface area contributed by atoms with Crippen LogP contribution in [0.4, 0.5) is 0 Å². The van der Waals surface area contributed by atoms with Crippen molar-refractivity contribution >= 4 is 11.9 Å². The number of benzene rings is 1. The fraction of sp³-hybridized carbons (Fsp3) is 0.467. The van der Waals surface area contributed by atoms with Gasteiger partial charge in [0.15, 0.2) is 0 Å². The molecule has 2 rings (SSSR count). The van der Waals surface area contributed by atoms with Gasteiger partial charge >= 0.3 is 5.97 Å². The van der Waals surface area contributed by atoms with Gasteiger partial charge in [-0.05, 0) is 30.7 Å². The Hall–Kier alpha value is -1.92. The van der Waals surface area contributed by atoms with E-state index in [1.54, 1.807) is 6.07 Å². The van der Waals surface area contributed by atoms with Crippen molar-refractivity contribution in [1.29, 1.82) is 0 Å². The monoisotopic (exact) mass is 291 g/mol. The average Bonchev–Trinajstić information content (AvgIpc) is 2.64. The van der Waals surface area contributed by atoms with Crippen molar-refractivity contribution in [3.8, 4) is 0 Å². The fourth-order valence-corrected chi connectivity index (χ4v) is 2.61. The van der Waals surface area contributed by atoms with E-state index in [0.717, 1.165) is 44.7 Å². The summed E-state index contributed by atoms with van der Waals surface area (Å²) in [5.41, 5.74) is 6.87. The largest absolute Gasteiger partial charge is 0.480 e. The van der Waals surface area contributed by atoms with Crippen molar-refractivity contribution in [3.05, 3.63) is 35.4 Å². The minimum absolute atomic E-state index is 0.102. The number of rotatable bonds is 5. The van der Waals surface area contributed by atoms with Crippen LogP contribution in [0, 0.1) is 0 Å². The Balaban J connectivity index is 1.93. The molecule has 0 unspecified atom stereocenters. The summed E-state index contributed by atoms with van der Waals surface area (Å²) in [6.07, 6.45) is 0.947. The number of carboxylic acid groups (broad SMARTS) is 1. The van der Waals surface area contributed by atoms with Crippen LogP contribution in [0.15, 0.2) is 24.3 Å². The van der Waals surface area contributed by atoms with Gasteiger partial charge in [0.1, 0.15) is 0 Å². The normalized spacial score (nSPS) is 17.3. The summed E-state index contributed by atoms with van der Waals surface area (Å²) in [6, 6.07) is 7.35. The highest BCUT2D eigenvalue weighted by Crippen LogP contribution is 2.11. The minimum Gasteiger partial charge on any atom is -0.480 e. The van der Waals surface area contributed by atoms with Crippen LogP contribution in [0.5, 0.6) is 0 Å². The maximum absolute atomic E-state index is 11.2. The highest BCUT2D eigenvalue weighted by atomic mass is 16.4. The molecule has 1 saturated heterocycles. The third-order valence-electron chi connectivity index (χ3n) is 3.66. The molecular formula is C15H21N3O3. The maximum Gasteiger partial charge on any atom is 0.317 e. The van der Waals surface area contributed by atoms with Gasteiger partial charge in [0.05, 0.1) is 6.54 Å². The lowest BCUT2D eigenvalue weighted by atomic mass is 10.1. The molecule has 1 aliphatic rings. The molecule has 3 N–H and O–H groups in total. The van der Waals surface area contributed by atoms with Crippen LogP contribution in [0.2, 0.25) is 0 Å². The van der Waals surface area contributed by atoms with Crippen molar-refractivity contribution in [2.75, 3.05) is 32.7 Å². The zero-order valence-electron chi connectivity index (χ0n) is 12.0. The fourth-order valence-electron chi connectivity index (χ4n) is 2.61. The SMILES string of the molecule is NC(=O)c1cccc(CN2CCCN(CC(=O)O)CC2)c1. The van der Waals surface area contributed by atoms with E-state index in [2.05, 4.69) is 4.90 Å². The number of amides is 1. The van der Waals surface area contributed by atoms with Gasteiger partial charge in [-0.1, -0.05) is 12.1 Å². The molecule has 6 heteroatoms. The Labute approximate surface area is 124 Å². The lowest BCUT2D eigenvalue weighted by Gasteiger charge is -2.21. The summed E-state index contributed by atoms with van der Waals surface area (Å²) in [6.45, 7) is 4.17. The van der Waals surface area contributed by atoms with Gasteiger partial charge in [0.2, 0.25) is 5.91 Å². The Kier molecular flexibility index (Phi) is 5.30. The van der Waals surface area contributed by atoms with E-state index in [1.165, 1.54) is 0 Å². The first-order chi connectivity index (χ1) is 10.0. The summed E-state index contributed by atoms with van der Waals surface area (Å²) >= 11 is 0. The number of carbonyl (C=O) groups is 2. The van der Waals surface area contributed by atoms with Crippen molar-refractivity contribution in [3.63, 3.8) is 0 Å². The molecule has 0 spiro atoms. The Morgan fingerprint density at radius 2 is 1.86 bits per heavy atom. The van der Waals surface area contributed by atoms with Crippen LogP contribution in [0.25, 0.3) is 0 Å². The van der Waals surface area contributed by atoms with Crippen molar-refractivity contribution in [2.45, 2.75) is 13.0 Å². The van der Waals surface area contributed by atoms with E-state index in [-0.39, 0.29) is 6.54 Å². The molecule has 1 aromatic rings. The first-order valence-electron chi connectivity index (χ1n) is 7.10. The number of hydrogen-bond acceptors (Lipinski definition) is 4. The van der Waals surface area contributed by atoms with Gasteiger partial charge in [-0.2, -0.15) is 0 Å². The van der Waals surface area contributed by atoms with E-state index in [9.17, 15) is 9.59 Å². The Bertz CT molecular complexity index is 519. The molecule has 0 aliphatic carbocycles. The van der Waals surface area contributed by atoms with Crippen molar-refractivity contribution < 1.29 is 14.7 Å². The van der Waals surface area contributed by atoms with E-state index in [4.69, 9.17) is 10.8 Å². The predicted octanol–water partition coefficient (Wildman–Crippen LogP) is 0.378. The van der Waals surface area contributed by atoms with Gasteiger partial charge in [-0.15, -0.1) is 0 Å². The molecule has 1 heterocycles. The third-order valence-corrected chi connectivity index (χ3v) is 3.66. The molecule has 114 valence electrons. The molecule has 1 fully saturated rings. The molecule has 1 aromatic carbocycles. The molecular weight excluding hydrogens is 270 g/mol. The lowest BCUT2D eigenvalue weighted by Crippen LogP contribution is -2.34. The smallest absolute Gasteiger partial charge is 0.317 e. The van der Waals surface area contributed by atoms with Gasteiger partial charge in [0, 0.05) is 31.7 Å². The van der Waals surface area contributed by atoms with Crippen LogP contribution in [-0.4, -0.2) is 59.5 Å². The van der Waals surface area contributed by atoms with Crippen LogP contribution >= 0.6 is 0 Å². The molecule has 0 saturated carbocycles. The van der Waals surface area contributed by atoms with Crippen LogP contribution in [0.3, 0.4) is 0 Å². The first kappa shape index (κ1) is 15.5. The second-order valence-corrected chi connectivity index (χ2v) is 5.36. The van der Waals surface area contributed by atoms with E-state index in [0.29, 0.717) is 5.56 Å². The quantitative estimate of drug-likeness (QED) is 0.819. The van der Waals surface area contributed by atoms with Crippen LogP contribution in [-0.2, 0) is 11.3 Å². The molecule has 0 atom stereocenters. The third kappa shape index (κ3) is 4.84. The molecule has 6 nitrogen and oxygen atoms in total. The highest BCUT2D eigenvalue weighted by molar-refractivity contribution is 5.92. The predicted molar refractivity (Wildman–Crippen MR) is 78.9 cm³/mol. The zero-order chi connectivity index (χ0) is 15.2. The number of aliphatic carboxylic acids is 1. The number of primary amides is 1. The van der Waals surface area contributed by atoms with Crippen molar-refractivity contribution in [1.82, 2.24) is 9.80 Å². The Morgan fingerprint density at radius 1 is 1.14 bits per heavy atom. The number of nitrogens with two attached hydrogens (primary N) is 1. The molecule has 1 amide bonds. The van der Waals surface area contributed by atoms with Crippen LogP contribution in [0.1, 0.15) is 22.3 Å². The van der Waals surface area contributed by atoms with E-state index >= 15 is 0 Å². The lowest BCUT2D eigenvalue weighted by molar-refractivity contribution is -0.138. The average molecular weight is 291 g/mol. The molecule has 1 aliphatic heterocycles. The first-order valence-corrected chi connectivity index (χ1v) is 7.10. The summed E-state index contributed by atoms with van der Waals surface area (Å²) < 4.78 is 0. The van der Waals surface area contributed by atoms with Gasteiger partial charge in [-0.3, -0.25) is 19.4 Å². The molecule has 21 heavy (non-hydrogen) atoms. The number of carboxylic acids is 1. The summed E-state index contributed by atoms with van der Waals surface area (Å²) in [5, 5.41) is 8.84. The summed E-state index contributed by atoms with van der Waals surface area (Å²) in [5.74, 6) is -1.20. The van der Waals surface area contributed by atoms with Gasteiger partial charge in [-0.25, -0.2) is 0 Å². The van der Waals surface area contributed by atoms with E-state index < -0.39 is 11.9 Å². The van der Waals surface area contributed by atoms with Crippen molar-refractivity contribution in [2.24, 2.45) is 5.73 Å². The second-order valence-electron chi connectivity index (χ2n) is 5.36. The molecule has 0 aromatic heterocycles. The van der Waals surface area contributed by atoms with E-state index in [1.807, 2.05) is 23.1 Å². The molecule has 0 bridgehead atoms. The number of hydrogen-bond donors (Lipinski definition) is 2. The highest BCUT2D eigenvalue weighted by Gasteiger charge is 2.16. The minimum atomic E-state index is -0.780. The maximum atomic E-state index is 11.2. The number of carbonyl (C=O) groups excluding carboxylic acids is 1. The van der Waals surface area contributed by atoms with Gasteiger partial charge in [0.25, 0.3) is 0 Å². The number of nitrogens with zero attached hydrogens (tertiary/aromatic N) is 2. The van der Waals surface area contributed by atoms with Crippen LogP contribution < -0.4 is 5.73 Å². The Morgan fingerprint density at radius 3 is 2.57 bits per heavy atom. The standard InChI is InChI=1S/C15H21N3O3/c16-15(21)13-4-1-3-12(9-13)10-17-5-2-6-18(8-7-17)11-14(19)20/h1,3-4,9H,2,5-8,10-11H2,(H2,16,21)(H,19,20). The topological polar surface area (TPSA) is 86.9 Å². The second kappa shape index (κ2) is 7.19. The molecule has 0 radical (unpaired) electrons. The van der Waals surface area contributed by atoms with Gasteiger partial charge < -0.3 is 10.8 Å². The zero-order valence-corrected chi connectivity index (χ0v) is 12.0. The summed E-state index contributed by atoms with van der Waals surface area (Å²) in [4.78, 5) is 26.2. The summed E-state index contributed by atoms with van der Waals surface area (Å²) in [7, 11) is 0.